The fraction of sp³-hybridized carbons (Fsp3) is 0.818. The molecule has 0 rings (SSSR count). The van der Waals surface area contributed by atoms with E-state index in [1.807, 2.05) is 13.8 Å². The van der Waals surface area contributed by atoms with E-state index in [2.05, 4.69) is 0 Å². The highest BCUT2D eigenvalue weighted by atomic mass is 32.1. The minimum absolute atomic E-state index is 0.0169. The summed E-state index contributed by atoms with van der Waals surface area (Å²) < 4.78 is 5.00. The Labute approximate surface area is 109 Å². The van der Waals surface area contributed by atoms with Crippen LogP contribution >= 0.6 is 12.2 Å². The molecule has 0 aliphatic carbocycles. The predicted octanol–water partition coefficient (Wildman–Crippen LogP) is 1.07. The number of carbonyl (C=O) groups excluding carboxylic acids is 1. The second kappa shape index (κ2) is 9.18. The number of thiocarbonyl (C=S) groups is 1. The van der Waals surface area contributed by atoms with Gasteiger partial charge >= 0.3 is 6.03 Å². The second-order valence-electron chi connectivity index (χ2n) is 3.65. The van der Waals surface area contributed by atoms with E-state index >= 15 is 0 Å². The van der Waals surface area contributed by atoms with Crippen LogP contribution in [0.2, 0.25) is 0 Å². The van der Waals surface area contributed by atoms with Gasteiger partial charge in [-0.15, -0.1) is 0 Å². The van der Waals surface area contributed by atoms with Gasteiger partial charge in [-0.05, 0) is 13.8 Å². The first-order valence-electron chi connectivity index (χ1n) is 5.87. The number of ether oxygens (including phenoxy) is 1. The average Bonchev–Trinajstić information content (AvgIpc) is 2.30. The van der Waals surface area contributed by atoms with Gasteiger partial charge in [0.25, 0.3) is 0 Å². The zero-order valence-corrected chi connectivity index (χ0v) is 11.8. The van der Waals surface area contributed by atoms with Crippen LogP contribution in [0, 0.1) is 0 Å². The SMILES string of the molecule is CCN(CC)C(=O)N(CCOC)CCC(N)=S. The Kier molecular flexibility index (Phi) is 8.71. The molecular weight excluding hydrogens is 238 g/mol. The van der Waals surface area contributed by atoms with Crippen molar-refractivity contribution in [1.29, 1.82) is 0 Å². The Morgan fingerprint density at radius 3 is 2.24 bits per heavy atom. The summed E-state index contributed by atoms with van der Waals surface area (Å²) >= 11 is 4.83. The summed E-state index contributed by atoms with van der Waals surface area (Å²) in [5.41, 5.74) is 5.46. The number of carbonyl (C=O) groups is 1. The third-order valence-corrected chi connectivity index (χ3v) is 2.70. The van der Waals surface area contributed by atoms with Gasteiger partial charge in [0.05, 0.1) is 11.6 Å². The number of amides is 2. The van der Waals surface area contributed by atoms with Crippen molar-refractivity contribution in [2.24, 2.45) is 5.73 Å². The molecular formula is C11H23N3O2S. The van der Waals surface area contributed by atoms with Gasteiger partial charge < -0.3 is 20.3 Å². The summed E-state index contributed by atoms with van der Waals surface area (Å²) in [5, 5.41) is 0. The number of hydrogen-bond donors (Lipinski definition) is 1. The van der Waals surface area contributed by atoms with E-state index in [4.69, 9.17) is 22.7 Å². The summed E-state index contributed by atoms with van der Waals surface area (Å²) in [5.74, 6) is 0. The van der Waals surface area contributed by atoms with Gasteiger partial charge in [0.1, 0.15) is 0 Å². The van der Waals surface area contributed by atoms with Gasteiger partial charge in [-0.3, -0.25) is 0 Å². The van der Waals surface area contributed by atoms with Crippen LogP contribution in [0.25, 0.3) is 0 Å². The van der Waals surface area contributed by atoms with Crippen LogP contribution in [0.15, 0.2) is 0 Å². The van der Waals surface area contributed by atoms with Crippen LogP contribution in [0.3, 0.4) is 0 Å². The van der Waals surface area contributed by atoms with Crippen LogP contribution in [0.5, 0.6) is 0 Å². The van der Waals surface area contributed by atoms with E-state index in [0.29, 0.717) is 44.2 Å². The van der Waals surface area contributed by atoms with Gasteiger partial charge in [0, 0.05) is 39.7 Å². The number of nitrogens with two attached hydrogens (primary N) is 1. The van der Waals surface area contributed by atoms with Crippen LogP contribution in [0.1, 0.15) is 20.3 Å². The Morgan fingerprint density at radius 2 is 1.82 bits per heavy atom. The minimum atomic E-state index is 0.0169. The lowest BCUT2D eigenvalue weighted by Crippen LogP contribution is -2.45. The first-order valence-corrected chi connectivity index (χ1v) is 6.28. The van der Waals surface area contributed by atoms with E-state index in [1.54, 1.807) is 16.9 Å². The molecule has 0 bridgehead atoms. The Hall–Kier alpha value is -0.880. The molecule has 0 saturated heterocycles. The highest BCUT2D eigenvalue weighted by molar-refractivity contribution is 7.80. The molecule has 0 atom stereocenters. The lowest BCUT2D eigenvalue weighted by atomic mass is 10.3. The topological polar surface area (TPSA) is 58.8 Å². The Morgan fingerprint density at radius 1 is 1.24 bits per heavy atom. The van der Waals surface area contributed by atoms with E-state index in [-0.39, 0.29) is 6.03 Å². The first-order chi connectivity index (χ1) is 8.06. The smallest absolute Gasteiger partial charge is 0.320 e. The van der Waals surface area contributed by atoms with E-state index in [0.717, 1.165) is 0 Å². The highest BCUT2D eigenvalue weighted by Crippen LogP contribution is 2.01. The van der Waals surface area contributed by atoms with Crippen LogP contribution in [0.4, 0.5) is 4.79 Å². The van der Waals surface area contributed by atoms with Crippen molar-refractivity contribution in [1.82, 2.24) is 9.80 Å². The average molecular weight is 261 g/mol. The van der Waals surface area contributed by atoms with E-state index in [9.17, 15) is 4.79 Å². The maximum Gasteiger partial charge on any atom is 0.320 e. The summed E-state index contributed by atoms with van der Waals surface area (Å²) in [6.45, 7) is 6.96. The van der Waals surface area contributed by atoms with Crippen molar-refractivity contribution in [2.45, 2.75) is 20.3 Å². The fourth-order valence-corrected chi connectivity index (χ4v) is 1.54. The molecule has 0 heterocycles. The van der Waals surface area contributed by atoms with E-state index < -0.39 is 0 Å². The number of methoxy groups -OCH3 is 1. The zero-order chi connectivity index (χ0) is 13.3. The normalized spacial score (nSPS) is 10.1. The molecule has 0 saturated carbocycles. The van der Waals surface area contributed by atoms with Crippen LogP contribution in [-0.4, -0.2) is 60.7 Å². The highest BCUT2D eigenvalue weighted by Gasteiger charge is 2.18. The quantitative estimate of drug-likeness (QED) is 0.664. The number of urea groups is 1. The molecule has 0 aliphatic heterocycles. The van der Waals surface area contributed by atoms with Crippen molar-refractivity contribution < 1.29 is 9.53 Å². The maximum absolute atomic E-state index is 12.1. The summed E-state index contributed by atoms with van der Waals surface area (Å²) in [7, 11) is 1.62. The first kappa shape index (κ1) is 16.1. The van der Waals surface area contributed by atoms with Crippen molar-refractivity contribution >= 4 is 23.2 Å². The van der Waals surface area contributed by atoms with Crippen molar-refractivity contribution in [3.8, 4) is 0 Å². The Balaban J connectivity index is 4.42. The second-order valence-corrected chi connectivity index (χ2v) is 4.18. The molecule has 5 nitrogen and oxygen atoms in total. The monoisotopic (exact) mass is 261 g/mol. The van der Waals surface area contributed by atoms with Crippen LogP contribution in [-0.2, 0) is 4.74 Å². The van der Waals surface area contributed by atoms with Gasteiger partial charge in [-0.1, -0.05) is 12.2 Å². The third kappa shape index (κ3) is 6.43. The maximum atomic E-state index is 12.1. The van der Waals surface area contributed by atoms with Crippen molar-refractivity contribution in [3.63, 3.8) is 0 Å². The lowest BCUT2D eigenvalue weighted by Gasteiger charge is -2.29. The molecule has 0 aromatic rings. The van der Waals surface area contributed by atoms with Gasteiger partial charge in [0.2, 0.25) is 0 Å². The number of nitrogens with zero attached hydrogens (tertiary/aromatic N) is 2. The summed E-state index contributed by atoms with van der Waals surface area (Å²) in [6, 6.07) is 0.0169. The number of hydrogen-bond acceptors (Lipinski definition) is 3. The van der Waals surface area contributed by atoms with E-state index in [1.165, 1.54) is 0 Å². The molecule has 0 spiro atoms. The largest absolute Gasteiger partial charge is 0.393 e. The van der Waals surface area contributed by atoms with Crippen molar-refractivity contribution in [2.75, 3.05) is 39.9 Å². The molecule has 2 amide bonds. The standard InChI is InChI=1S/C11H23N3O2S/c1-4-13(5-2)11(15)14(8-9-16-3)7-6-10(12)17/h4-9H2,1-3H3,(H2,12,17). The van der Waals surface area contributed by atoms with Crippen LogP contribution < -0.4 is 5.73 Å². The molecule has 0 aromatic heterocycles. The minimum Gasteiger partial charge on any atom is -0.393 e. The number of rotatable bonds is 8. The molecule has 17 heavy (non-hydrogen) atoms. The lowest BCUT2D eigenvalue weighted by molar-refractivity contribution is 0.129. The third-order valence-electron chi connectivity index (χ3n) is 2.50. The fourth-order valence-electron chi connectivity index (χ4n) is 1.44. The van der Waals surface area contributed by atoms with Gasteiger partial charge in [-0.25, -0.2) is 4.79 Å². The molecule has 0 unspecified atom stereocenters. The predicted molar refractivity (Wildman–Crippen MR) is 73.2 cm³/mol. The zero-order valence-electron chi connectivity index (χ0n) is 10.9. The van der Waals surface area contributed by atoms with Gasteiger partial charge in [-0.2, -0.15) is 0 Å². The molecule has 0 aromatic carbocycles. The van der Waals surface area contributed by atoms with Gasteiger partial charge in [0.15, 0.2) is 0 Å². The molecule has 0 radical (unpaired) electrons. The molecule has 0 aliphatic rings. The molecule has 100 valence electrons. The Bertz CT molecular complexity index is 245. The molecule has 2 N–H and O–H groups in total. The van der Waals surface area contributed by atoms with Crippen molar-refractivity contribution in [3.05, 3.63) is 0 Å². The molecule has 0 fully saturated rings. The summed E-state index contributed by atoms with van der Waals surface area (Å²) in [6.07, 6.45) is 0.548. The summed E-state index contributed by atoms with van der Waals surface area (Å²) in [4.78, 5) is 16.1. The molecule has 6 heteroatoms.